The number of rotatable bonds is 12. The normalized spacial score (nSPS) is 12.3. The predicted molar refractivity (Wildman–Crippen MR) is 181 cm³/mol. The number of nitrogens with zero attached hydrogens (tertiary/aromatic N) is 3. The zero-order chi connectivity index (χ0) is 31.9. The van der Waals surface area contributed by atoms with Crippen molar-refractivity contribution in [3.05, 3.63) is 125 Å². The first-order valence-corrected chi connectivity index (χ1v) is 16.0. The fraction of sp³-hybridized carbons (Fsp3) is 0.282. The number of unbranched alkanes of at least 4 members (excludes halogenated alkanes) is 1. The standard InChI is InChI=1S/C39H41N3O4/c1-4-5-20-42-34(37(33-13-9-10-28(2)23-33)40-38(42)31-11-7-6-8-12-31)27-41(25-29-14-17-32(18-15-29)39(43)44-3)26-30-16-19-35-36(24-30)46-22-21-45-35/h6-19,23-24H,4-5,20-22,25-27H2,1-3H3. The molecule has 46 heavy (non-hydrogen) atoms. The molecule has 0 atom stereocenters. The van der Waals surface area contributed by atoms with Gasteiger partial charge in [0.15, 0.2) is 11.5 Å². The fourth-order valence-corrected chi connectivity index (χ4v) is 5.98. The Hall–Kier alpha value is -4.88. The summed E-state index contributed by atoms with van der Waals surface area (Å²) in [6, 6.07) is 33.0. The molecule has 1 aromatic heterocycles. The second kappa shape index (κ2) is 14.5. The van der Waals surface area contributed by atoms with Gasteiger partial charge in [-0.05, 0) is 54.8 Å². The summed E-state index contributed by atoms with van der Waals surface area (Å²) in [7, 11) is 1.41. The molecule has 5 aromatic rings. The molecule has 0 spiro atoms. The van der Waals surface area contributed by atoms with Gasteiger partial charge >= 0.3 is 5.97 Å². The van der Waals surface area contributed by atoms with Gasteiger partial charge in [-0.15, -0.1) is 0 Å². The Labute approximate surface area is 271 Å². The number of methoxy groups -OCH3 is 1. The topological polar surface area (TPSA) is 65.8 Å². The van der Waals surface area contributed by atoms with Crippen molar-refractivity contribution in [2.45, 2.75) is 52.9 Å². The highest BCUT2D eigenvalue weighted by Crippen LogP contribution is 2.34. The molecule has 2 heterocycles. The number of hydrogen-bond acceptors (Lipinski definition) is 6. The van der Waals surface area contributed by atoms with Crippen molar-refractivity contribution in [1.82, 2.24) is 14.5 Å². The minimum absolute atomic E-state index is 0.337. The number of hydrogen-bond donors (Lipinski definition) is 0. The van der Waals surface area contributed by atoms with E-state index >= 15 is 0 Å². The van der Waals surface area contributed by atoms with Crippen LogP contribution in [0.15, 0.2) is 97.1 Å². The van der Waals surface area contributed by atoms with Gasteiger partial charge in [-0.1, -0.05) is 85.6 Å². The lowest BCUT2D eigenvalue weighted by molar-refractivity contribution is 0.0600. The van der Waals surface area contributed by atoms with Crippen LogP contribution in [0.25, 0.3) is 22.6 Å². The SMILES string of the molecule is CCCCn1c(-c2ccccc2)nc(-c2cccc(C)c2)c1CN(Cc1ccc(C(=O)OC)cc1)Cc1ccc2c(c1)OCCO2. The summed E-state index contributed by atoms with van der Waals surface area (Å²) in [6.45, 7) is 8.36. The largest absolute Gasteiger partial charge is 0.486 e. The molecule has 4 aromatic carbocycles. The number of aromatic nitrogens is 2. The molecule has 0 radical (unpaired) electrons. The minimum Gasteiger partial charge on any atom is -0.486 e. The maximum Gasteiger partial charge on any atom is 0.337 e. The maximum absolute atomic E-state index is 12.1. The van der Waals surface area contributed by atoms with E-state index in [2.05, 4.69) is 84.0 Å². The van der Waals surface area contributed by atoms with Gasteiger partial charge in [0.2, 0.25) is 0 Å². The van der Waals surface area contributed by atoms with Gasteiger partial charge in [0.05, 0.1) is 24.1 Å². The first-order valence-electron chi connectivity index (χ1n) is 16.0. The Kier molecular flexibility index (Phi) is 9.79. The van der Waals surface area contributed by atoms with E-state index in [1.54, 1.807) is 0 Å². The first-order chi connectivity index (χ1) is 22.5. The predicted octanol–water partition coefficient (Wildman–Crippen LogP) is 8.09. The van der Waals surface area contributed by atoms with Crippen molar-refractivity contribution < 1.29 is 19.0 Å². The Balaban J connectivity index is 1.43. The molecule has 0 aliphatic carbocycles. The lowest BCUT2D eigenvalue weighted by Gasteiger charge is -2.26. The molecule has 0 fully saturated rings. The van der Waals surface area contributed by atoms with Crippen LogP contribution in [-0.2, 0) is 30.9 Å². The molecule has 6 rings (SSSR count). The zero-order valence-corrected chi connectivity index (χ0v) is 26.9. The van der Waals surface area contributed by atoms with Crippen LogP contribution in [0.3, 0.4) is 0 Å². The van der Waals surface area contributed by atoms with Crippen LogP contribution in [-0.4, -0.2) is 40.7 Å². The van der Waals surface area contributed by atoms with Crippen LogP contribution >= 0.6 is 0 Å². The van der Waals surface area contributed by atoms with E-state index in [-0.39, 0.29) is 5.97 Å². The highest BCUT2D eigenvalue weighted by atomic mass is 16.6. The van der Waals surface area contributed by atoms with E-state index in [1.807, 2.05) is 36.4 Å². The van der Waals surface area contributed by atoms with Crippen molar-refractivity contribution in [3.8, 4) is 34.1 Å². The van der Waals surface area contributed by atoms with Gasteiger partial charge in [0.1, 0.15) is 19.0 Å². The van der Waals surface area contributed by atoms with Crippen molar-refractivity contribution in [1.29, 1.82) is 0 Å². The summed E-state index contributed by atoms with van der Waals surface area (Å²) in [5.41, 5.74) is 8.39. The summed E-state index contributed by atoms with van der Waals surface area (Å²) >= 11 is 0. The monoisotopic (exact) mass is 615 g/mol. The van der Waals surface area contributed by atoms with Crippen LogP contribution in [0.1, 0.15) is 52.5 Å². The molecule has 7 nitrogen and oxygen atoms in total. The third kappa shape index (κ3) is 7.16. The van der Waals surface area contributed by atoms with E-state index in [0.717, 1.165) is 64.7 Å². The van der Waals surface area contributed by atoms with E-state index in [4.69, 9.17) is 19.2 Å². The molecule has 1 aliphatic rings. The highest BCUT2D eigenvalue weighted by Gasteiger charge is 2.23. The van der Waals surface area contributed by atoms with E-state index < -0.39 is 0 Å². The number of esters is 1. The third-order valence-electron chi connectivity index (χ3n) is 8.30. The van der Waals surface area contributed by atoms with Gasteiger partial charge in [-0.3, -0.25) is 4.90 Å². The van der Waals surface area contributed by atoms with Crippen LogP contribution in [0.5, 0.6) is 11.5 Å². The quantitative estimate of drug-likeness (QED) is 0.132. The summed E-state index contributed by atoms with van der Waals surface area (Å²) in [6.07, 6.45) is 2.13. The summed E-state index contributed by atoms with van der Waals surface area (Å²) in [5, 5.41) is 0. The average Bonchev–Trinajstić information content (AvgIpc) is 3.45. The Morgan fingerprint density at radius 3 is 2.28 bits per heavy atom. The molecule has 0 unspecified atom stereocenters. The number of imidazole rings is 1. The molecular weight excluding hydrogens is 574 g/mol. The third-order valence-corrected chi connectivity index (χ3v) is 8.30. The van der Waals surface area contributed by atoms with Crippen molar-refractivity contribution in [3.63, 3.8) is 0 Å². The van der Waals surface area contributed by atoms with Gasteiger partial charge in [-0.2, -0.15) is 0 Å². The number of carbonyl (C=O) groups excluding carboxylic acids is 1. The number of aryl methyl sites for hydroxylation is 1. The van der Waals surface area contributed by atoms with Gasteiger partial charge < -0.3 is 18.8 Å². The Morgan fingerprint density at radius 2 is 1.54 bits per heavy atom. The summed E-state index contributed by atoms with van der Waals surface area (Å²) < 4.78 is 19.1. The van der Waals surface area contributed by atoms with Gasteiger partial charge in [0, 0.05) is 37.3 Å². The van der Waals surface area contributed by atoms with E-state index in [0.29, 0.717) is 38.4 Å². The van der Waals surface area contributed by atoms with Crippen LogP contribution in [0.4, 0.5) is 0 Å². The summed E-state index contributed by atoms with van der Waals surface area (Å²) in [4.78, 5) is 19.9. The average molecular weight is 616 g/mol. The van der Waals surface area contributed by atoms with E-state index in [9.17, 15) is 4.79 Å². The smallest absolute Gasteiger partial charge is 0.337 e. The molecule has 1 aliphatic heterocycles. The lowest BCUT2D eigenvalue weighted by atomic mass is 10.1. The molecule has 0 amide bonds. The van der Waals surface area contributed by atoms with Crippen molar-refractivity contribution in [2.75, 3.05) is 20.3 Å². The molecule has 0 saturated heterocycles. The van der Waals surface area contributed by atoms with Crippen molar-refractivity contribution >= 4 is 5.97 Å². The fourth-order valence-electron chi connectivity index (χ4n) is 5.98. The molecule has 0 N–H and O–H groups in total. The molecule has 0 saturated carbocycles. The highest BCUT2D eigenvalue weighted by molar-refractivity contribution is 5.89. The second-order valence-electron chi connectivity index (χ2n) is 11.8. The van der Waals surface area contributed by atoms with Crippen molar-refractivity contribution in [2.24, 2.45) is 0 Å². The van der Waals surface area contributed by atoms with E-state index in [1.165, 1.54) is 18.4 Å². The maximum atomic E-state index is 12.1. The van der Waals surface area contributed by atoms with Gasteiger partial charge in [0.25, 0.3) is 0 Å². The number of ether oxygens (including phenoxy) is 3. The summed E-state index contributed by atoms with van der Waals surface area (Å²) in [5.74, 6) is 2.22. The molecule has 7 heteroatoms. The zero-order valence-electron chi connectivity index (χ0n) is 26.9. The number of carbonyl (C=O) groups is 1. The van der Waals surface area contributed by atoms with Crippen LogP contribution in [0.2, 0.25) is 0 Å². The number of fused-ring (bicyclic) bond motifs is 1. The molecule has 236 valence electrons. The Bertz CT molecular complexity index is 1780. The first kappa shape index (κ1) is 31.1. The molecule has 0 bridgehead atoms. The van der Waals surface area contributed by atoms with Crippen LogP contribution in [0, 0.1) is 6.92 Å². The molecular formula is C39H41N3O4. The van der Waals surface area contributed by atoms with Crippen LogP contribution < -0.4 is 9.47 Å². The number of benzene rings is 4. The lowest BCUT2D eigenvalue weighted by Crippen LogP contribution is -2.25. The Morgan fingerprint density at radius 1 is 0.826 bits per heavy atom. The second-order valence-corrected chi connectivity index (χ2v) is 11.8. The van der Waals surface area contributed by atoms with Gasteiger partial charge in [-0.25, -0.2) is 9.78 Å². The minimum atomic E-state index is -0.337.